The van der Waals surface area contributed by atoms with Crippen molar-refractivity contribution in [2.45, 2.75) is 26.8 Å². The number of aryl methyl sites for hydroxylation is 1. The zero-order valence-corrected chi connectivity index (χ0v) is 10.6. The van der Waals surface area contributed by atoms with E-state index in [2.05, 4.69) is 11.2 Å². The molecule has 0 spiro atoms. The first-order chi connectivity index (χ1) is 8.53. The van der Waals surface area contributed by atoms with Crippen LogP contribution >= 0.6 is 0 Å². The Balaban J connectivity index is 2.39. The number of benzene rings is 1. The molecule has 0 aliphatic carbocycles. The van der Waals surface area contributed by atoms with Gasteiger partial charge in [0.2, 0.25) is 5.43 Å². The van der Waals surface area contributed by atoms with Crippen LogP contribution in [-0.2, 0) is 6.54 Å². The summed E-state index contributed by atoms with van der Waals surface area (Å²) in [5, 5.41) is 13.8. The Morgan fingerprint density at radius 3 is 2.83 bits per heavy atom. The standard InChI is InChI=1S/C14H15N3O/c1-14(2,10-15)7-8-17-12-6-4-3-5-11(12)13(18)9-16-17/h3-6,9H,7-8H2,1-2H3. The molecular weight excluding hydrogens is 226 g/mol. The van der Waals surface area contributed by atoms with Crippen LogP contribution in [0.3, 0.4) is 0 Å². The second-order valence-corrected chi connectivity index (χ2v) is 4.99. The lowest BCUT2D eigenvalue weighted by molar-refractivity contribution is 0.402. The number of hydrogen-bond donors (Lipinski definition) is 0. The van der Waals surface area contributed by atoms with Gasteiger partial charge in [-0.2, -0.15) is 10.4 Å². The molecule has 0 saturated carbocycles. The molecule has 2 aromatic rings. The molecule has 4 heteroatoms. The average Bonchev–Trinajstić information content (AvgIpc) is 2.38. The van der Waals surface area contributed by atoms with Gasteiger partial charge in [0.05, 0.1) is 23.2 Å². The van der Waals surface area contributed by atoms with Gasteiger partial charge in [0.1, 0.15) is 0 Å². The van der Waals surface area contributed by atoms with Gasteiger partial charge < -0.3 is 0 Å². The number of fused-ring (bicyclic) bond motifs is 1. The van der Waals surface area contributed by atoms with Gasteiger partial charge in [-0.1, -0.05) is 12.1 Å². The number of hydrogen-bond acceptors (Lipinski definition) is 3. The first-order valence-corrected chi connectivity index (χ1v) is 5.90. The second-order valence-electron chi connectivity index (χ2n) is 4.99. The highest BCUT2D eigenvalue weighted by molar-refractivity contribution is 5.77. The van der Waals surface area contributed by atoms with E-state index >= 15 is 0 Å². The lowest BCUT2D eigenvalue weighted by atomic mass is 9.91. The Labute approximate surface area is 105 Å². The molecule has 0 saturated heterocycles. The van der Waals surface area contributed by atoms with E-state index in [1.54, 1.807) is 10.7 Å². The maximum absolute atomic E-state index is 11.7. The average molecular weight is 241 g/mol. The summed E-state index contributed by atoms with van der Waals surface area (Å²) in [6.45, 7) is 4.43. The summed E-state index contributed by atoms with van der Waals surface area (Å²) in [7, 11) is 0. The first kappa shape index (κ1) is 12.3. The molecule has 92 valence electrons. The van der Waals surface area contributed by atoms with Crippen LogP contribution in [0.2, 0.25) is 0 Å². The van der Waals surface area contributed by atoms with Crippen molar-refractivity contribution in [2.75, 3.05) is 0 Å². The highest BCUT2D eigenvalue weighted by atomic mass is 16.1. The van der Waals surface area contributed by atoms with Crippen molar-refractivity contribution >= 4 is 10.9 Å². The SMILES string of the molecule is CC(C)(C#N)CCn1ncc(=O)c2ccccc21. The van der Waals surface area contributed by atoms with Crippen molar-refractivity contribution in [3.8, 4) is 6.07 Å². The molecule has 0 fully saturated rings. The largest absolute Gasteiger partial charge is 0.287 e. The Bertz CT molecular complexity index is 665. The van der Waals surface area contributed by atoms with Gasteiger partial charge in [-0.3, -0.25) is 9.48 Å². The van der Waals surface area contributed by atoms with Crippen LogP contribution in [0.15, 0.2) is 35.3 Å². The Kier molecular flexibility index (Phi) is 3.15. The van der Waals surface area contributed by atoms with Gasteiger partial charge in [-0.05, 0) is 32.4 Å². The monoisotopic (exact) mass is 241 g/mol. The van der Waals surface area contributed by atoms with E-state index in [9.17, 15) is 4.79 Å². The number of para-hydroxylation sites is 1. The molecule has 1 heterocycles. The quantitative estimate of drug-likeness (QED) is 0.828. The van der Waals surface area contributed by atoms with Crippen LogP contribution < -0.4 is 5.43 Å². The number of rotatable bonds is 3. The van der Waals surface area contributed by atoms with Crippen molar-refractivity contribution in [1.29, 1.82) is 5.26 Å². The van der Waals surface area contributed by atoms with Crippen LogP contribution in [0.1, 0.15) is 20.3 Å². The van der Waals surface area contributed by atoms with Gasteiger partial charge in [0.15, 0.2) is 0 Å². The van der Waals surface area contributed by atoms with Crippen LogP contribution in [0.25, 0.3) is 10.9 Å². The Hall–Kier alpha value is -2.15. The third-order valence-corrected chi connectivity index (χ3v) is 3.01. The maximum Gasteiger partial charge on any atom is 0.207 e. The van der Waals surface area contributed by atoms with Crippen molar-refractivity contribution < 1.29 is 0 Å². The molecule has 1 aromatic carbocycles. The summed E-state index contributed by atoms with van der Waals surface area (Å²) >= 11 is 0. The third-order valence-electron chi connectivity index (χ3n) is 3.01. The molecule has 0 aliphatic heterocycles. The minimum absolute atomic E-state index is 0.0682. The minimum atomic E-state index is -0.383. The van der Waals surface area contributed by atoms with Gasteiger partial charge in [0.25, 0.3) is 0 Å². The van der Waals surface area contributed by atoms with E-state index in [1.807, 2.05) is 32.0 Å². The lowest BCUT2D eigenvalue weighted by Crippen LogP contribution is -2.17. The summed E-state index contributed by atoms with van der Waals surface area (Å²) in [5.74, 6) is 0. The van der Waals surface area contributed by atoms with Crippen LogP contribution in [0.4, 0.5) is 0 Å². The predicted molar refractivity (Wildman–Crippen MR) is 70.0 cm³/mol. The lowest BCUT2D eigenvalue weighted by Gasteiger charge is -2.16. The van der Waals surface area contributed by atoms with E-state index in [4.69, 9.17) is 5.26 Å². The highest BCUT2D eigenvalue weighted by Gasteiger charge is 2.16. The summed E-state index contributed by atoms with van der Waals surface area (Å²) in [6, 6.07) is 9.67. The zero-order valence-electron chi connectivity index (χ0n) is 10.6. The Morgan fingerprint density at radius 2 is 2.11 bits per heavy atom. The molecule has 0 aliphatic rings. The number of nitrogens with zero attached hydrogens (tertiary/aromatic N) is 3. The molecule has 0 amide bonds. The van der Waals surface area contributed by atoms with Gasteiger partial charge in [-0.25, -0.2) is 0 Å². The van der Waals surface area contributed by atoms with E-state index < -0.39 is 0 Å². The molecular formula is C14H15N3O. The third kappa shape index (κ3) is 2.40. The fraction of sp³-hybridized carbons (Fsp3) is 0.357. The fourth-order valence-electron chi connectivity index (χ4n) is 1.78. The normalized spacial score (nSPS) is 11.4. The molecule has 0 bridgehead atoms. The molecule has 4 nitrogen and oxygen atoms in total. The zero-order chi connectivity index (χ0) is 13.2. The van der Waals surface area contributed by atoms with Crippen molar-refractivity contribution in [3.05, 3.63) is 40.7 Å². The summed E-state index contributed by atoms with van der Waals surface area (Å²) in [4.78, 5) is 11.7. The predicted octanol–water partition coefficient (Wildman–Crippen LogP) is 2.34. The molecule has 1 aromatic heterocycles. The first-order valence-electron chi connectivity index (χ1n) is 5.90. The van der Waals surface area contributed by atoms with Crippen LogP contribution in [0.5, 0.6) is 0 Å². The van der Waals surface area contributed by atoms with Crippen molar-refractivity contribution in [3.63, 3.8) is 0 Å². The number of aromatic nitrogens is 2. The molecule has 18 heavy (non-hydrogen) atoms. The van der Waals surface area contributed by atoms with Gasteiger partial charge >= 0.3 is 0 Å². The smallest absolute Gasteiger partial charge is 0.207 e. The molecule has 0 unspecified atom stereocenters. The summed E-state index contributed by atoms with van der Waals surface area (Å²) in [5.41, 5.74) is 0.367. The molecule has 0 N–H and O–H groups in total. The summed E-state index contributed by atoms with van der Waals surface area (Å²) in [6.07, 6.45) is 2.03. The van der Waals surface area contributed by atoms with E-state index in [-0.39, 0.29) is 10.8 Å². The minimum Gasteiger partial charge on any atom is -0.287 e. The topological polar surface area (TPSA) is 58.7 Å². The van der Waals surface area contributed by atoms with E-state index in [1.165, 1.54) is 6.20 Å². The molecule has 0 atom stereocenters. The van der Waals surface area contributed by atoms with E-state index in [0.717, 1.165) is 5.52 Å². The van der Waals surface area contributed by atoms with Crippen molar-refractivity contribution in [1.82, 2.24) is 9.78 Å². The molecule has 2 rings (SSSR count). The van der Waals surface area contributed by atoms with Crippen molar-refractivity contribution in [2.24, 2.45) is 5.41 Å². The summed E-state index contributed by atoms with van der Waals surface area (Å²) < 4.78 is 1.79. The van der Waals surface area contributed by atoms with Gasteiger partial charge in [0, 0.05) is 11.9 Å². The maximum atomic E-state index is 11.7. The van der Waals surface area contributed by atoms with Crippen LogP contribution in [0, 0.1) is 16.7 Å². The van der Waals surface area contributed by atoms with E-state index in [0.29, 0.717) is 18.4 Å². The highest BCUT2D eigenvalue weighted by Crippen LogP contribution is 2.20. The fourth-order valence-corrected chi connectivity index (χ4v) is 1.78. The molecule has 0 radical (unpaired) electrons. The second kappa shape index (κ2) is 4.61. The van der Waals surface area contributed by atoms with Crippen LogP contribution in [-0.4, -0.2) is 9.78 Å². The number of nitriles is 1. The Morgan fingerprint density at radius 1 is 1.39 bits per heavy atom. The van der Waals surface area contributed by atoms with Gasteiger partial charge in [-0.15, -0.1) is 0 Å².